The summed E-state index contributed by atoms with van der Waals surface area (Å²) in [6.07, 6.45) is -3.01. The first-order chi connectivity index (χ1) is 56.7. The number of carbonyl (C=O) groups is 6. The minimum absolute atomic E-state index is 0.000972. The van der Waals surface area contributed by atoms with Crippen molar-refractivity contribution in [3.8, 4) is 17.2 Å². The van der Waals surface area contributed by atoms with E-state index < -0.39 is 142 Å². The first-order valence-electron chi connectivity index (χ1n) is 37.7. The Labute approximate surface area is 696 Å². The van der Waals surface area contributed by atoms with Gasteiger partial charge in [0.2, 0.25) is 36.4 Å². The van der Waals surface area contributed by atoms with Crippen LogP contribution in [0.5, 0.6) is 17.2 Å². The van der Waals surface area contributed by atoms with Gasteiger partial charge in [-0.2, -0.15) is 12.9 Å². The molecule has 5 atom stereocenters. The second-order valence-electron chi connectivity index (χ2n) is 30.1. The molecule has 5 saturated heterocycles. The second-order valence-corrected chi connectivity index (χ2v) is 36.5. The molecule has 5 aliphatic heterocycles. The van der Waals surface area contributed by atoms with Gasteiger partial charge in [0, 0.05) is 26.7 Å². The van der Waals surface area contributed by atoms with E-state index in [2.05, 4.69) is 0 Å². The maximum atomic E-state index is 13.8. The Morgan fingerprint density at radius 1 is 0.458 bits per heavy atom. The number of carboxylic acid groups (broad SMARTS) is 1. The number of nitrogens with zero attached hydrogens (tertiary/aromatic N) is 5. The fourth-order valence-corrected chi connectivity index (χ4v) is 19.4. The number of amides is 2. The quantitative estimate of drug-likeness (QED) is 0.0232. The van der Waals surface area contributed by atoms with Gasteiger partial charge in [0.05, 0.1) is 54.0 Å². The summed E-state index contributed by atoms with van der Waals surface area (Å²) >= 11 is 5.83. The number of sulfonamides is 3. The first kappa shape index (κ1) is 87.9. The number of alkyl halides is 1. The molecule has 3 N–H and O–H groups in total. The molecule has 2 unspecified atom stereocenters. The van der Waals surface area contributed by atoms with Gasteiger partial charge in [0.1, 0.15) is 52.8 Å². The van der Waals surface area contributed by atoms with Gasteiger partial charge in [-0.1, -0.05) is 139 Å². The molecule has 14 rings (SSSR count). The van der Waals surface area contributed by atoms with Crippen molar-refractivity contribution in [3.05, 3.63) is 287 Å². The molecule has 5 fully saturated rings. The lowest BCUT2D eigenvalue weighted by Crippen LogP contribution is -2.64. The first-order valence-corrected chi connectivity index (χ1v) is 42.5. The van der Waals surface area contributed by atoms with Crippen molar-refractivity contribution in [1.29, 1.82) is 0 Å². The number of cyclic esters (lactones) is 2. The van der Waals surface area contributed by atoms with Gasteiger partial charge < -0.3 is 48.7 Å². The molecule has 5 aliphatic rings. The summed E-state index contributed by atoms with van der Waals surface area (Å²) < 4.78 is 170. The molecule has 34 heteroatoms. The highest BCUT2D eigenvalue weighted by atomic mass is 35.5. The smallest absolute Gasteiger partial charge is 0.416 e. The van der Waals surface area contributed by atoms with Crippen LogP contribution in [0.1, 0.15) is 81.8 Å². The molecule has 0 bridgehead atoms. The standard InChI is InChI=1S/C32H33FN2O9S.C30H30ClFN2O7S.C24H23FN2O5S/c1-21(36)41-22(2)42-30(38)35-28(29(37)44-31(35,3)4)18-23-9-8-12-27(17-23)45(39,40)34-19-32(20-34,24-10-6-5-7-11-24)43-26-15-13-25(33)14-16-26;1-20(31)39-28(36)34-26(27(35)41-29(34,2)3)17-21-8-7-11-25(16-21)42(37,38)33-18-30(19-33,22-9-5-4-6-10-22)40-24-14-12-23(32)13-15-24;25-19-9-11-20(12-10-19)32-24(18-6-2-1-3-7-18)15-27(16-24)33(30,31)21-8-4-5-17(13-21)14-22(26)23(28)29/h5-17,22,28H,18-20H2,1-4H3;4-16,20,26H,17-19H2,1-3H3;1-13,22H,14-16,26H2,(H,28,29)/t22?,28-;20?,26-;22-/m000/s1. The predicted molar refractivity (Wildman–Crippen MR) is 429 cm³/mol. The van der Waals surface area contributed by atoms with E-state index in [0.717, 1.165) is 21.6 Å². The highest BCUT2D eigenvalue weighted by Crippen LogP contribution is 2.45. The molecular weight excluding hydrogens is 1640 g/mol. The molecule has 5 heterocycles. The lowest BCUT2D eigenvalue weighted by molar-refractivity contribution is -0.165. The van der Waals surface area contributed by atoms with Crippen LogP contribution in [0.4, 0.5) is 22.8 Å². The largest absolute Gasteiger partial charge is 0.480 e. The normalized spacial score (nSPS) is 19.0. The van der Waals surface area contributed by atoms with E-state index >= 15 is 0 Å². The highest BCUT2D eigenvalue weighted by Gasteiger charge is 2.57. The number of nitrogens with two attached hydrogens (primary N) is 1. The van der Waals surface area contributed by atoms with Gasteiger partial charge in [-0.25, -0.2) is 57.6 Å². The van der Waals surface area contributed by atoms with E-state index in [9.17, 15) is 67.2 Å². The summed E-state index contributed by atoms with van der Waals surface area (Å²) in [4.78, 5) is 76.1. The van der Waals surface area contributed by atoms with E-state index in [1.54, 1.807) is 50.2 Å². The Morgan fingerprint density at radius 2 is 0.758 bits per heavy atom. The van der Waals surface area contributed by atoms with E-state index in [1.807, 2.05) is 91.0 Å². The molecular formula is C86H86ClF3N6O21S3. The highest BCUT2D eigenvalue weighted by molar-refractivity contribution is 7.89. The Kier molecular flexibility index (Phi) is 26.0. The zero-order valence-electron chi connectivity index (χ0n) is 65.9. The molecule has 2 amide bonds. The number of hydrogen-bond donors (Lipinski definition) is 2. The van der Waals surface area contributed by atoms with E-state index in [-0.39, 0.29) is 73.2 Å². The average Bonchev–Trinajstić information content (AvgIpc) is 0.934. The van der Waals surface area contributed by atoms with Gasteiger partial charge in [-0.05, 0) is 184 Å². The molecule has 0 aliphatic carbocycles. The minimum Gasteiger partial charge on any atom is -0.480 e. The van der Waals surface area contributed by atoms with Crippen LogP contribution in [0, 0.1) is 17.5 Å². The maximum Gasteiger partial charge on any atom is 0.416 e. The van der Waals surface area contributed by atoms with Crippen molar-refractivity contribution in [2.75, 3.05) is 39.3 Å². The number of rotatable bonds is 25. The van der Waals surface area contributed by atoms with Crippen LogP contribution < -0.4 is 19.9 Å². The van der Waals surface area contributed by atoms with Gasteiger partial charge in [0.25, 0.3) is 0 Å². The van der Waals surface area contributed by atoms with Crippen LogP contribution in [0.3, 0.4) is 0 Å². The van der Waals surface area contributed by atoms with Gasteiger partial charge in [0.15, 0.2) is 33.8 Å². The van der Waals surface area contributed by atoms with E-state index in [0.29, 0.717) is 33.9 Å². The molecule has 0 aromatic heterocycles. The van der Waals surface area contributed by atoms with Crippen molar-refractivity contribution >= 4 is 77.7 Å². The summed E-state index contributed by atoms with van der Waals surface area (Å²) in [6, 6.07) is 59.5. The summed E-state index contributed by atoms with van der Waals surface area (Å²) in [7, 11) is -11.8. The Bertz CT molecular complexity index is 5600. The second kappa shape index (κ2) is 35.5. The third-order valence-electron chi connectivity index (χ3n) is 20.4. The van der Waals surface area contributed by atoms with Crippen molar-refractivity contribution < 1.29 is 110 Å². The van der Waals surface area contributed by atoms with E-state index in [1.165, 1.54) is 162 Å². The summed E-state index contributed by atoms with van der Waals surface area (Å²) in [5.41, 5.74) is 2.97. The maximum absolute atomic E-state index is 13.8. The number of esters is 3. The molecule has 27 nitrogen and oxygen atoms in total. The number of ether oxygens (including phenoxy) is 8. The summed E-state index contributed by atoms with van der Waals surface area (Å²) in [6.45, 7) is 10.3. The third kappa shape index (κ3) is 19.7. The number of hydrogen-bond acceptors (Lipinski definition) is 21. The van der Waals surface area contributed by atoms with Crippen molar-refractivity contribution in [1.82, 2.24) is 22.7 Å². The Hall–Kier alpha value is -11.4. The van der Waals surface area contributed by atoms with E-state index in [4.69, 9.17) is 60.3 Å². The summed E-state index contributed by atoms with van der Waals surface area (Å²) in [5, 5.41) is 9.02. The lowest BCUT2D eigenvalue weighted by Gasteiger charge is -2.48. The Balaban J connectivity index is 0.000000167. The van der Waals surface area contributed by atoms with Gasteiger partial charge in [-0.15, -0.1) is 0 Å². The average molecular weight is 1730 g/mol. The van der Waals surface area contributed by atoms with Gasteiger partial charge in [-0.3, -0.25) is 19.4 Å². The topological polar surface area (TPSA) is 341 Å². The predicted octanol–water partition coefficient (Wildman–Crippen LogP) is 12.1. The van der Waals surface area contributed by atoms with Crippen molar-refractivity contribution in [3.63, 3.8) is 0 Å². The molecule has 9 aromatic carbocycles. The SMILES string of the molecule is CC(=O)OC(C)OC(=O)N1[C@@H](Cc2cccc(S(=O)(=O)N3CC(Oc4ccc(F)cc4)(c4ccccc4)C3)c2)C(=O)OC1(C)C.CC(Cl)OC(=O)N1[C@@H](Cc2cccc(S(=O)(=O)N3CC(Oc4ccc(F)cc4)(c4ccccc4)C3)c2)C(=O)OC1(C)C.N[C@@H](Cc1cccc(S(=O)(=O)N2CC(Oc3ccc(F)cc3)(c3ccccc3)C2)c1)C(=O)O. The Morgan fingerprint density at radius 3 is 1.06 bits per heavy atom. The van der Waals surface area contributed by atoms with Crippen LogP contribution in [0.2, 0.25) is 0 Å². The molecule has 9 aromatic rings. The zero-order chi connectivity index (χ0) is 86.5. The van der Waals surface area contributed by atoms with Crippen LogP contribution in [0.15, 0.2) is 251 Å². The van der Waals surface area contributed by atoms with Crippen molar-refractivity contribution in [2.24, 2.45) is 5.73 Å². The number of halogens is 4. The van der Waals surface area contributed by atoms with Crippen LogP contribution >= 0.6 is 11.6 Å². The number of aliphatic carboxylic acids is 1. The minimum atomic E-state index is -4.01. The lowest BCUT2D eigenvalue weighted by atomic mass is 9.87. The molecule has 120 heavy (non-hydrogen) atoms. The molecule has 0 spiro atoms. The molecule has 0 radical (unpaired) electrons. The number of benzene rings is 9. The fraction of sp³-hybridized carbons (Fsp3) is 0.302. The van der Waals surface area contributed by atoms with Crippen LogP contribution in [-0.2, 0) is 109 Å². The number of carbonyl (C=O) groups excluding carboxylic acids is 5. The van der Waals surface area contributed by atoms with Crippen LogP contribution in [-0.4, -0.2) is 170 Å². The van der Waals surface area contributed by atoms with Crippen LogP contribution in [0.25, 0.3) is 0 Å². The zero-order valence-corrected chi connectivity index (χ0v) is 69.1. The summed E-state index contributed by atoms with van der Waals surface area (Å²) in [5.74, 6) is -3.11. The monoisotopic (exact) mass is 1730 g/mol. The van der Waals surface area contributed by atoms with Crippen molar-refractivity contribution in [2.45, 2.75) is 141 Å². The van der Waals surface area contributed by atoms with Gasteiger partial charge >= 0.3 is 36.1 Å². The number of carboxylic acids is 1. The fourth-order valence-electron chi connectivity index (χ4n) is 14.5. The molecule has 632 valence electrons. The molecule has 0 saturated carbocycles. The third-order valence-corrected chi connectivity index (χ3v) is 25.8.